The molecule has 1 amide bonds. The van der Waals surface area contributed by atoms with Crippen LogP contribution < -0.4 is 5.32 Å². The Balaban J connectivity index is 1.89. The van der Waals surface area contributed by atoms with Crippen LogP contribution in [0.15, 0.2) is 53.0 Å². The molecule has 4 rings (SSSR count). The molecule has 0 aliphatic rings. The zero-order valence-electron chi connectivity index (χ0n) is 15.8. The second kappa shape index (κ2) is 8.02. The third kappa shape index (κ3) is 3.59. The Kier molecular flexibility index (Phi) is 5.28. The van der Waals surface area contributed by atoms with E-state index in [1.807, 2.05) is 34.9 Å². The molecule has 2 aromatic carbocycles. The van der Waals surface area contributed by atoms with E-state index >= 15 is 0 Å². The molecule has 0 bridgehead atoms. The number of carbonyl (C=O) groups is 1. The van der Waals surface area contributed by atoms with Gasteiger partial charge in [-0.15, -0.1) is 0 Å². The van der Waals surface area contributed by atoms with E-state index in [0.29, 0.717) is 40.2 Å². The smallest absolute Gasteiger partial charge is 0.256 e. The normalized spacial score (nSPS) is 10.9. The molecule has 2 heterocycles. The molecule has 29 heavy (non-hydrogen) atoms. The molecule has 0 unspecified atom stereocenters. The molecule has 0 atom stereocenters. The summed E-state index contributed by atoms with van der Waals surface area (Å²) in [6, 6.07) is 16.9. The first-order valence-corrected chi connectivity index (χ1v) is 10.2. The maximum atomic E-state index is 12.9. The Labute approximate surface area is 176 Å². The van der Waals surface area contributed by atoms with Crippen LogP contribution in [0.1, 0.15) is 35.7 Å². The summed E-state index contributed by atoms with van der Waals surface area (Å²) in [5.74, 6) is 0.157. The van der Waals surface area contributed by atoms with Crippen molar-refractivity contribution in [1.82, 2.24) is 14.5 Å². The van der Waals surface area contributed by atoms with Crippen molar-refractivity contribution in [3.8, 4) is 6.07 Å². The maximum absolute atomic E-state index is 12.9. The van der Waals surface area contributed by atoms with Gasteiger partial charge in [-0.1, -0.05) is 47.5 Å². The van der Waals surface area contributed by atoms with Gasteiger partial charge in [-0.2, -0.15) is 5.26 Å². The van der Waals surface area contributed by atoms with E-state index < -0.39 is 0 Å². The Morgan fingerprint density at radius 3 is 2.62 bits per heavy atom. The number of unbranched alkanes of at least 4 members (excludes halogenated alkanes) is 1. The lowest BCUT2D eigenvalue weighted by atomic mass is 10.2. The number of nitriles is 1. The van der Waals surface area contributed by atoms with Gasteiger partial charge < -0.3 is 9.88 Å². The number of hydrogen-bond donors (Lipinski definition) is 1. The van der Waals surface area contributed by atoms with Gasteiger partial charge >= 0.3 is 0 Å². The molecule has 1 N–H and O–H groups in total. The zero-order chi connectivity index (χ0) is 20.4. The van der Waals surface area contributed by atoms with E-state index in [9.17, 15) is 10.1 Å². The highest BCUT2D eigenvalue weighted by molar-refractivity contribution is 9.10. The van der Waals surface area contributed by atoms with Crippen LogP contribution in [0.3, 0.4) is 0 Å². The van der Waals surface area contributed by atoms with Crippen molar-refractivity contribution in [3.05, 3.63) is 64.1 Å². The van der Waals surface area contributed by atoms with Crippen molar-refractivity contribution in [3.63, 3.8) is 0 Å². The number of aromatic nitrogens is 3. The Morgan fingerprint density at radius 2 is 1.93 bits per heavy atom. The van der Waals surface area contributed by atoms with Gasteiger partial charge in [0, 0.05) is 16.6 Å². The number of aryl methyl sites for hydroxylation is 1. The lowest BCUT2D eigenvalue weighted by Crippen LogP contribution is -2.16. The molecule has 7 heteroatoms. The van der Waals surface area contributed by atoms with Crippen LogP contribution in [0.25, 0.3) is 22.2 Å². The summed E-state index contributed by atoms with van der Waals surface area (Å²) in [5.41, 5.74) is 3.42. The van der Waals surface area contributed by atoms with Gasteiger partial charge in [-0.25, -0.2) is 9.97 Å². The number of nitrogens with one attached hydrogen (secondary N) is 1. The van der Waals surface area contributed by atoms with E-state index in [0.717, 1.165) is 22.8 Å². The van der Waals surface area contributed by atoms with Crippen molar-refractivity contribution in [1.29, 1.82) is 5.26 Å². The number of benzene rings is 2. The van der Waals surface area contributed by atoms with E-state index in [4.69, 9.17) is 4.98 Å². The average Bonchev–Trinajstić information content (AvgIpc) is 3.01. The SMILES string of the molecule is CCCCn1c(NC(=O)c2cccc(Br)c2)c(C#N)c2nc3ccccc3nc21. The molecule has 0 saturated heterocycles. The van der Waals surface area contributed by atoms with Gasteiger partial charge in [0.2, 0.25) is 0 Å². The minimum atomic E-state index is -0.284. The molecule has 0 aliphatic carbocycles. The van der Waals surface area contributed by atoms with Crippen molar-refractivity contribution in [2.45, 2.75) is 26.3 Å². The summed E-state index contributed by atoms with van der Waals surface area (Å²) in [6.45, 7) is 2.73. The summed E-state index contributed by atoms with van der Waals surface area (Å²) in [4.78, 5) is 22.3. The van der Waals surface area contributed by atoms with Crippen LogP contribution in [0.5, 0.6) is 0 Å². The van der Waals surface area contributed by atoms with E-state index in [-0.39, 0.29) is 5.91 Å². The quantitative estimate of drug-likeness (QED) is 0.451. The molecule has 0 spiro atoms. The van der Waals surface area contributed by atoms with Crippen molar-refractivity contribution < 1.29 is 4.79 Å². The minimum Gasteiger partial charge on any atom is -0.309 e. The van der Waals surface area contributed by atoms with Crippen LogP contribution >= 0.6 is 15.9 Å². The first-order valence-electron chi connectivity index (χ1n) is 9.38. The van der Waals surface area contributed by atoms with Gasteiger partial charge in [0.15, 0.2) is 5.65 Å². The summed E-state index contributed by atoms with van der Waals surface area (Å²) in [7, 11) is 0. The van der Waals surface area contributed by atoms with Crippen LogP contribution in [-0.4, -0.2) is 20.4 Å². The number of para-hydroxylation sites is 2. The predicted octanol–water partition coefficient (Wildman–Crippen LogP) is 5.27. The number of anilines is 1. The van der Waals surface area contributed by atoms with Gasteiger partial charge in [0.25, 0.3) is 5.91 Å². The van der Waals surface area contributed by atoms with Crippen molar-refractivity contribution >= 4 is 49.9 Å². The fraction of sp³-hybridized carbons (Fsp3) is 0.182. The Morgan fingerprint density at radius 1 is 1.17 bits per heavy atom. The zero-order valence-corrected chi connectivity index (χ0v) is 17.4. The standard InChI is InChI=1S/C22H18BrN5O/c1-2-3-11-28-20(27-22(29)14-7-6-8-15(23)12-14)16(13-24)19-21(28)26-18-10-5-4-9-17(18)25-19/h4-10,12H,2-3,11H2,1H3,(H,27,29). The lowest BCUT2D eigenvalue weighted by Gasteiger charge is -2.11. The molecule has 0 saturated carbocycles. The van der Waals surface area contributed by atoms with E-state index in [1.165, 1.54) is 0 Å². The van der Waals surface area contributed by atoms with Gasteiger partial charge in [0.1, 0.15) is 23.0 Å². The van der Waals surface area contributed by atoms with E-state index in [2.05, 4.69) is 39.2 Å². The van der Waals surface area contributed by atoms with Crippen LogP contribution in [-0.2, 0) is 6.54 Å². The Hall–Kier alpha value is -3.24. The molecule has 144 valence electrons. The van der Waals surface area contributed by atoms with E-state index in [1.54, 1.807) is 18.2 Å². The minimum absolute atomic E-state index is 0.284. The largest absolute Gasteiger partial charge is 0.309 e. The predicted molar refractivity (Wildman–Crippen MR) is 117 cm³/mol. The fourth-order valence-corrected chi connectivity index (χ4v) is 3.68. The molecule has 2 aromatic heterocycles. The molecule has 0 aliphatic heterocycles. The van der Waals surface area contributed by atoms with Gasteiger partial charge in [-0.05, 0) is 36.8 Å². The van der Waals surface area contributed by atoms with Crippen LogP contribution in [0.4, 0.5) is 5.82 Å². The van der Waals surface area contributed by atoms with Crippen molar-refractivity contribution in [2.75, 3.05) is 5.32 Å². The number of amides is 1. The topological polar surface area (TPSA) is 83.6 Å². The molecule has 4 aromatic rings. The van der Waals surface area contributed by atoms with Crippen molar-refractivity contribution in [2.24, 2.45) is 0 Å². The number of rotatable bonds is 5. The molecular formula is C22H18BrN5O. The summed E-state index contributed by atoms with van der Waals surface area (Å²) in [6.07, 6.45) is 1.87. The number of nitrogens with zero attached hydrogens (tertiary/aromatic N) is 4. The second-order valence-corrected chi connectivity index (χ2v) is 7.61. The summed E-state index contributed by atoms with van der Waals surface area (Å²) < 4.78 is 2.71. The molecule has 0 fully saturated rings. The number of halogens is 1. The molecule has 0 radical (unpaired) electrons. The number of carbonyl (C=O) groups excluding carboxylic acids is 1. The average molecular weight is 448 g/mol. The lowest BCUT2D eigenvalue weighted by molar-refractivity contribution is 0.102. The van der Waals surface area contributed by atoms with Crippen LogP contribution in [0.2, 0.25) is 0 Å². The molecule has 6 nitrogen and oxygen atoms in total. The number of hydrogen-bond acceptors (Lipinski definition) is 4. The van der Waals surface area contributed by atoms with Gasteiger partial charge in [0.05, 0.1) is 11.0 Å². The summed E-state index contributed by atoms with van der Waals surface area (Å²) in [5, 5.41) is 12.8. The fourth-order valence-electron chi connectivity index (χ4n) is 3.28. The summed E-state index contributed by atoms with van der Waals surface area (Å²) >= 11 is 3.39. The first-order chi connectivity index (χ1) is 14.1. The van der Waals surface area contributed by atoms with Crippen LogP contribution in [0, 0.1) is 11.3 Å². The van der Waals surface area contributed by atoms with Gasteiger partial charge in [-0.3, -0.25) is 4.79 Å². The highest BCUT2D eigenvalue weighted by Gasteiger charge is 2.22. The number of fused-ring (bicyclic) bond motifs is 2. The first kappa shape index (κ1) is 19.1. The third-order valence-corrected chi connectivity index (χ3v) is 5.21. The highest BCUT2D eigenvalue weighted by Crippen LogP contribution is 2.30. The second-order valence-electron chi connectivity index (χ2n) is 6.69. The monoisotopic (exact) mass is 447 g/mol. The maximum Gasteiger partial charge on any atom is 0.256 e. The molecular weight excluding hydrogens is 430 g/mol. The third-order valence-electron chi connectivity index (χ3n) is 4.72. The highest BCUT2D eigenvalue weighted by atomic mass is 79.9. The Bertz CT molecular complexity index is 1270.